The molecule has 76 valence electrons. The van der Waals surface area contributed by atoms with Gasteiger partial charge in [0, 0.05) is 6.54 Å². The summed E-state index contributed by atoms with van der Waals surface area (Å²) in [6.07, 6.45) is 10.4. The third kappa shape index (κ3) is 1.90. The first-order chi connectivity index (χ1) is 6.33. The fourth-order valence-corrected chi connectivity index (χ4v) is 3.21. The molecule has 1 spiro atoms. The minimum absolute atomic E-state index is 0.695. The second-order valence-electron chi connectivity index (χ2n) is 5.16. The van der Waals surface area contributed by atoms with Crippen molar-refractivity contribution in [3.63, 3.8) is 0 Å². The Labute approximate surface area is 82.3 Å². The highest BCUT2D eigenvalue weighted by atomic mass is 14.9. The van der Waals surface area contributed by atoms with Gasteiger partial charge in [0.05, 0.1) is 0 Å². The van der Waals surface area contributed by atoms with Crippen molar-refractivity contribution >= 4 is 0 Å². The lowest BCUT2D eigenvalue weighted by Crippen LogP contribution is -2.29. The molecule has 1 aliphatic carbocycles. The Balaban J connectivity index is 2.00. The summed E-state index contributed by atoms with van der Waals surface area (Å²) in [5.74, 6) is 0.922. The fourth-order valence-electron chi connectivity index (χ4n) is 3.21. The third-order valence-corrected chi connectivity index (χ3v) is 4.32. The number of nitrogens with one attached hydrogen (secondary N) is 1. The minimum Gasteiger partial charge on any atom is -0.316 e. The molecule has 1 unspecified atom stereocenters. The molecular formula is C12H23N. The van der Waals surface area contributed by atoms with E-state index in [9.17, 15) is 0 Å². The van der Waals surface area contributed by atoms with Crippen LogP contribution < -0.4 is 5.32 Å². The van der Waals surface area contributed by atoms with Crippen molar-refractivity contribution in [2.75, 3.05) is 13.1 Å². The van der Waals surface area contributed by atoms with Gasteiger partial charge in [-0.05, 0) is 30.7 Å². The fraction of sp³-hybridized carbons (Fsp3) is 1.00. The predicted octanol–water partition coefficient (Wildman–Crippen LogP) is 2.96. The van der Waals surface area contributed by atoms with Gasteiger partial charge in [0.25, 0.3) is 0 Å². The van der Waals surface area contributed by atoms with Crippen LogP contribution in [0.15, 0.2) is 0 Å². The second-order valence-corrected chi connectivity index (χ2v) is 5.16. The predicted molar refractivity (Wildman–Crippen MR) is 56.8 cm³/mol. The summed E-state index contributed by atoms with van der Waals surface area (Å²) in [7, 11) is 0. The first-order valence-corrected chi connectivity index (χ1v) is 6.04. The van der Waals surface area contributed by atoms with Crippen LogP contribution in [0.25, 0.3) is 0 Å². The maximum atomic E-state index is 3.58. The summed E-state index contributed by atoms with van der Waals surface area (Å²) >= 11 is 0. The molecule has 1 nitrogen and oxygen atoms in total. The average molecular weight is 181 g/mol. The van der Waals surface area contributed by atoms with E-state index >= 15 is 0 Å². The monoisotopic (exact) mass is 181 g/mol. The van der Waals surface area contributed by atoms with Crippen molar-refractivity contribution in [2.24, 2.45) is 11.3 Å². The van der Waals surface area contributed by atoms with Crippen molar-refractivity contribution in [3.8, 4) is 0 Å². The zero-order valence-corrected chi connectivity index (χ0v) is 8.94. The van der Waals surface area contributed by atoms with Crippen LogP contribution >= 0.6 is 0 Å². The largest absolute Gasteiger partial charge is 0.316 e. The molecule has 0 aromatic rings. The lowest BCUT2D eigenvalue weighted by molar-refractivity contribution is 0.177. The minimum atomic E-state index is 0.695. The van der Waals surface area contributed by atoms with Crippen molar-refractivity contribution in [2.45, 2.75) is 51.9 Å². The van der Waals surface area contributed by atoms with Gasteiger partial charge in [-0.25, -0.2) is 0 Å². The zero-order chi connectivity index (χ0) is 9.15. The van der Waals surface area contributed by atoms with Crippen LogP contribution in [0, 0.1) is 11.3 Å². The summed E-state index contributed by atoms with van der Waals surface area (Å²) in [5, 5.41) is 3.58. The summed E-state index contributed by atoms with van der Waals surface area (Å²) in [4.78, 5) is 0. The van der Waals surface area contributed by atoms with Crippen LogP contribution in [-0.4, -0.2) is 13.1 Å². The molecule has 0 aromatic heterocycles. The van der Waals surface area contributed by atoms with E-state index in [2.05, 4.69) is 12.2 Å². The number of hydrogen-bond donors (Lipinski definition) is 1. The molecular weight excluding hydrogens is 158 g/mol. The van der Waals surface area contributed by atoms with Crippen molar-refractivity contribution in [1.29, 1.82) is 0 Å². The molecule has 2 aliphatic rings. The van der Waals surface area contributed by atoms with Crippen LogP contribution in [0.4, 0.5) is 0 Å². The van der Waals surface area contributed by atoms with Gasteiger partial charge in [-0.3, -0.25) is 0 Å². The standard InChI is InChI=1S/C12H23N/c1-11-9-13-10-12(11)7-5-3-2-4-6-8-12/h11,13H,2-10H2,1H3. The molecule has 13 heavy (non-hydrogen) atoms. The lowest BCUT2D eigenvalue weighted by atomic mass is 9.70. The highest BCUT2D eigenvalue weighted by Gasteiger charge is 2.39. The molecule has 0 amide bonds. The van der Waals surface area contributed by atoms with E-state index < -0.39 is 0 Å². The van der Waals surface area contributed by atoms with E-state index in [1.165, 1.54) is 58.0 Å². The van der Waals surface area contributed by atoms with Crippen molar-refractivity contribution in [1.82, 2.24) is 5.32 Å². The quantitative estimate of drug-likeness (QED) is 0.606. The van der Waals surface area contributed by atoms with Gasteiger partial charge in [0.2, 0.25) is 0 Å². The molecule has 1 saturated heterocycles. The average Bonchev–Trinajstić information content (AvgIpc) is 2.42. The molecule has 1 heterocycles. The Morgan fingerprint density at radius 3 is 2.15 bits per heavy atom. The second kappa shape index (κ2) is 4.00. The van der Waals surface area contributed by atoms with Gasteiger partial charge in [-0.1, -0.05) is 39.0 Å². The summed E-state index contributed by atoms with van der Waals surface area (Å²) in [6, 6.07) is 0. The number of rotatable bonds is 0. The van der Waals surface area contributed by atoms with Gasteiger partial charge < -0.3 is 5.32 Å². The van der Waals surface area contributed by atoms with E-state index in [-0.39, 0.29) is 0 Å². The van der Waals surface area contributed by atoms with Crippen molar-refractivity contribution in [3.05, 3.63) is 0 Å². The van der Waals surface area contributed by atoms with Crippen molar-refractivity contribution < 1.29 is 0 Å². The molecule has 0 bridgehead atoms. The smallest absolute Gasteiger partial charge is 0.00110 e. The van der Waals surface area contributed by atoms with E-state index in [4.69, 9.17) is 0 Å². The van der Waals surface area contributed by atoms with Gasteiger partial charge >= 0.3 is 0 Å². The van der Waals surface area contributed by atoms with Gasteiger partial charge in [-0.15, -0.1) is 0 Å². The molecule has 1 heteroatoms. The Kier molecular flexibility index (Phi) is 2.92. The molecule has 0 aromatic carbocycles. The Hall–Kier alpha value is -0.0400. The SMILES string of the molecule is CC1CNCC12CCCCCCC2. The van der Waals surface area contributed by atoms with Crippen LogP contribution in [0.2, 0.25) is 0 Å². The molecule has 1 aliphatic heterocycles. The van der Waals surface area contributed by atoms with E-state index in [0.717, 1.165) is 5.92 Å². The first-order valence-electron chi connectivity index (χ1n) is 6.04. The van der Waals surface area contributed by atoms with Crippen LogP contribution in [0.1, 0.15) is 51.9 Å². The highest BCUT2D eigenvalue weighted by Crippen LogP contribution is 2.42. The van der Waals surface area contributed by atoms with E-state index in [0.29, 0.717) is 5.41 Å². The van der Waals surface area contributed by atoms with Gasteiger partial charge in [0.1, 0.15) is 0 Å². The molecule has 1 saturated carbocycles. The van der Waals surface area contributed by atoms with E-state index in [1.807, 2.05) is 0 Å². The summed E-state index contributed by atoms with van der Waals surface area (Å²) < 4.78 is 0. The van der Waals surface area contributed by atoms with Crippen LogP contribution in [0.3, 0.4) is 0 Å². The van der Waals surface area contributed by atoms with Gasteiger partial charge in [-0.2, -0.15) is 0 Å². The van der Waals surface area contributed by atoms with Crippen LogP contribution in [0.5, 0.6) is 0 Å². The van der Waals surface area contributed by atoms with E-state index in [1.54, 1.807) is 0 Å². The summed E-state index contributed by atoms with van der Waals surface area (Å²) in [6.45, 7) is 5.01. The van der Waals surface area contributed by atoms with Crippen LogP contribution in [-0.2, 0) is 0 Å². The third-order valence-electron chi connectivity index (χ3n) is 4.32. The molecule has 2 fully saturated rings. The molecule has 2 rings (SSSR count). The maximum absolute atomic E-state index is 3.58. The Bertz CT molecular complexity index is 157. The Morgan fingerprint density at radius 2 is 1.62 bits per heavy atom. The normalized spacial score (nSPS) is 34.4. The summed E-state index contributed by atoms with van der Waals surface area (Å²) in [5.41, 5.74) is 0.695. The first kappa shape index (κ1) is 9.51. The molecule has 0 radical (unpaired) electrons. The number of hydrogen-bond acceptors (Lipinski definition) is 1. The van der Waals surface area contributed by atoms with Gasteiger partial charge in [0.15, 0.2) is 0 Å². The zero-order valence-electron chi connectivity index (χ0n) is 8.94. The topological polar surface area (TPSA) is 12.0 Å². The maximum Gasteiger partial charge on any atom is 0.00110 e. The molecule has 1 atom stereocenters. The lowest BCUT2D eigenvalue weighted by Gasteiger charge is -2.34. The molecule has 1 N–H and O–H groups in total. The Morgan fingerprint density at radius 1 is 1.00 bits per heavy atom. The highest BCUT2D eigenvalue weighted by molar-refractivity contribution is 4.93.